The highest BCUT2D eigenvalue weighted by Crippen LogP contribution is 2.08. The molecule has 1 unspecified atom stereocenters. The molecule has 0 aromatic heterocycles. The molecule has 0 heterocycles. The van der Waals surface area contributed by atoms with Gasteiger partial charge in [0, 0.05) is 24.1 Å². The first-order valence-corrected chi connectivity index (χ1v) is 6.88. The quantitative estimate of drug-likeness (QED) is 0.520. The maximum atomic E-state index is 11.2. The van der Waals surface area contributed by atoms with Crippen LogP contribution in [0, 0.1) is 0 Å². The SMILES string of the molecule is CSC(C)CCNC(=O)CCCCCl. The van der Waals surface area contributed by atoms with Crippen molar-refractivity contribution in [3.8, 4) is 0 Å². The van der Waals surface area contributed by atoms with Gasteiger partial charge in [0.2, 0.25) is 5.91 Å². The lowest BCUT2D eigenvalue weighted by molar-refractivity contribution is -0.121. The molecular formula is C10H20ClNOS. The van der Waals surface area contributed by atoms with Crippen molar-refractivity contribution >= 4 is 29.3 Å². The minimum Gasteiger partial charge on any atom is -0.356 e. The van der Waals surface area contributed by atoms with Crippen molar-refractivity contribution in [2.24, 2.45) is 0 Å². The van der Waals surface area contributed by atoms with Gasteiger partial charge in [0.25, 0.3) is 0 Å². The fourth-order valence-electron chi connectivity index (χ4n) is 1.00. The summed E-state index contributed by atoms with van der Waals surface area (Å²) in [6.07, 6.45) is 5.57. The van der Waals surface area contributed by atoms with Gasteiger partial charge in [-0.1, -0.05) is 6.92 Å². The van der Waals surface area contributed by atoms with E-state index in [1.165, 1.54) is 0 Å². The zero-order valence-electron chi connectivity index (χ0n) is 9.01. The standard InChI is InChI=1S/C10H20ClNOS/c1-9(14-2)6-8-12-10(13)5-3-4-7-11/h9H,3-8H2,1-2H3,(H,12,13). The van der Waals surface area contributed by atoms with Gasteiger partial charge < -0.3 is 5.32 Å². The van der Waals surface area contributed by atoms with Crippen molar-refractivity contribution in [2.45, 2.75) is 37.9 Å². The molecule has 1 atom stereocenters. The number of amides is 1. The van der Waals surface area contributed by atoms with Gasteiger partial charge in [0.1, 0.15) is 0 Å². The number of thioether (sulfide) groups is 1. The minimum atomic E-state index is 0.156. The number of alkyl halides is 1. The predicted molar refractivity (Wildman–Crippen MR) is 65.2 cm³/mol. The van der Waals surface area contributed by atoms with E-state index in [0.29, 0.717) is 17.6 Å². The third-order valence-corrected chi connectivity index (χ3v) is 3.37. The minimum absolute atomic E-state index is 0.156. The van der Waals surface area contributed by atoms with E-state index in [1.807, 2.05) is 11.8 Å². The molecule has 1 N–H and O–H groups in total. The summed E-state index contributed by atoms with van der Waals surface area (Å²) in [5.41, 5.74) is 0. The largest absolute Gasteiger partial charge is 0.356 e. The van der Waals surface area contributed by atoms with Crippen LogP contribution in [-0.2, 0) is 4.79 Å². The molecule has 0 aliphatic carbocycles. The Morgan fingerprint density at radius 1 is 1.50 bits per heavy atom. The Hall–Kier alpha value is 0.110. The lowest BCUT2D eigenvalue weighted by Crippen LogP contribution is -2.25. The van der Waals surface area contributed by atoms with Crippen LogP contribution in [0.5, 0.6) is 0 Å². The third kappa shape index (κ3) is 8.70. The van der Waals surface area contributed by atoms with Crippen LogP contribution in [0.3, 0.4) is 0 Å². The van der Waals surface area contributed by atoms with Gasteiger partial charge in [-0.05, 0) is 25.5 Å². The van der Waals surface area contributed by atoms with Gasteiger partial charge in [-0.3, -0.25) is 4.79 Å². The molecule has 0 bridgehead atoms. The molecule has 14 heavy (non-hydrogen) atoms. The second-order valence-corrected chi connectivity index (χ2v) is 4.99. The van der Waals surface area contributed by atoms with Crippen LogP contribution < -0.4 is 5.32 Å². The number of halogens is 1. The number of carbonyl (C=O) groups is 1. The average Bonchev–Trinajstić information content (AvgIpc) is 2.18. The van der Waals surface area contributed by atoms with Crippen LogP contribution in [0.25, 0.3) is 0 Å². The Balaban J connectivity index is 3.26. The van der Waals surface area contributed by atoms with Crippen LogP contribution in [0.1, 0.15) is 32.6 Å². The molecule has 0 saturated heterocycles. The van der Waals surface area contributed by atoms with Crippen molar-refractivity contribution in [1.29, 1.82) is 0 Å². The molecule has 2 nitrogen and oxygen atoms in total. The van der Waals surface area contributed by atoms with E-state index in [4.69, 9.17) is 11.6 Å². The summed E-state index contributed by atoms with van der Waals surface area (Å²) >= 11 is 7.34. The molecule has 0 rings (SSSR count). The second-order valence-electron chi connectivity index (χ2n) is 3.33. The van der Waals surface area contributed by atoms with Crippen molar-refractivity contribution in [2.75, 3.05) is 18.7 Å². The fraction of sp³-hybridized carbons (Fsp3) is 0.900. The van der Waals surface area contributed by atoms with Crippen molar-refractivity contribution in [1.82, 2.24) is 5.32 Å². The highest BCUT2D eigenvalue weighted by Gasteiger charge is 2.02. The number of hydrogen-bond donors (Lipinski definition) is 1. The first kappa shape index (κ1) is 14.1. The molecular weight excluding hydrogens is 218 g/mol. The highest BCUT2D eigenvalue weighted by molar-refractivity contribution is 7.99. The molecule has 0 spiro atoms. The lowest BCUT2D eigenvalue weighted by atomic mass is 10.2. The Morgan fingerprint density at radius 2 is 2.21 bits per heavy atom. The van der Waals surface area contributed by atoms with E-state index in [9.17, 15) is 4.79 Å². The normalized spacial score (nSPS) is 12.5. The third-order valence-electron chi connectivity index (χ3n) is 2.06. The summed E-state index contributed by atoms with van der Waals surface area (Å²) in [5.74, 6) is 0.806. The van der Waals surface area contributed by atoms with Crippen molar-refractivity contribution in [3.63, 3.8) is 0 Å². The first-order chi connectivity index (χ1) is 6.70. The van der Waals surface area contributed by atoms with Crippen LogP contribution in [-0.4, -0.2) is 29.8 Å². The maximum absolute atomic E-state index is 11.2. The monoisotopic (exact) mass is 237 g/mol. The highest BCUT2D eigenvalue weighted by atomic mass is 35.5. The molecule has 0 radical (unpaired) electrons. The Morgan fingerprint density at radius 3 is 2.79 bits per heavy atom. The van der Waals surface area contributed by atoms with Gasteiger partial charge in [-0.25, -0.2) is 0 Å². The van der Waals surface area contributed by atoms with Gasteiger partial charge >= 0.3 is 0 Å². The molecule has 1 amide bonds. The van der Waals surface area contributed by atoms with E-state index in [0.717, 1.165) is 25.8 Å². The van der Waals surface area contributed by atoms with Crippen LogP contribution in [0.4, 0.5) is 0 Å². The summed E-state index contributed by atoms with van der Waals surface area (Å²) in [6.45, 7) is 2.96. The summed E-state index contributed by atoms with van der Waals surface area (Å²) in [5, 5.41) is 3.53. The molecule has 0 saturated carbocycles. The molecule has 0 aromatic carbocycles. The topological polar surface area (TPSA) is 29.1 Å². The number of nitrogens with one attached hydrogen (secondary N) is 1. The molecule has 0 aromatic rings. The smallest absolute Gasteiger partial charge is 0.219 e. The van der Waals surface area contributed by atoms with E-state index >= 15 is 0 Å². The van der Waals surface area contributed by atoms with Crippen LogP contribution in [0.15, 0.2) is 0 Å². The summed E-state index contributed by atoms with van der Waals surface area (Å²) in [4.78, 5) is 11.2. The van der Waals surface area contributed by atoms with Gasteiger partial charge in [-0.15, -0.1) is 11.6 Å². The zero-order chi connectivity index (χ0) is 10.8. The Bertz CT molecular complexity index is 155. The Labute approximate surface area is 96.2 Å². The fourth-order valence-corrected chi connectivity index (χ4v) is 1.54. The molecule has 84 valence electrons. The molecule has 0 aliphatic heterocycles. The zero-order valence-corrected chi connectivity index (χ0v) is 10.6. The summed E-state index contributed by atoms with van der Waals surface area (Å²) in [7, 11) is 0. The van der Waals surface area contributed by atoms with E-state index < -0.39 is 0 Å². The molecule has 0 aliphatic rings. The van der Waals surface area contributed by atoms with E-state index in [-0.39, 0.29) is 5.91 Å². The summed E-state index contributed by atoms with van der Waals surface area (Å²) in [6, 6.07) is 0. The number of carbonyl (C=O) groups excluding carboxylic acids is 1. The van der Waals surface area contributed by atoms with Gasteiger partial charge in [-0.2, -0.15) is 11.8 Å². The predicted octanol–water partition coefficient (Wildman–Crippen LogP) is 2.65. The second kappa shape index (κ2) is 9.66. The average molecular weight is 238 g/mol. The lowest BCUT2D eigenvalue weighted by Gasteiger charge is -2.08. The molecule has 4 heteroatoms. The molecule has 0 fully saturated rings. The van der Waals surface area contributed by atoms with Gasteiger partial charge in [0.05, 0.1) is 0 Å². The van der Waals surface area contributed by atoms with Crippen LogP contribution in [0.2, 0.25) is 0 Å². The number of rotatable bonds is 8. The van der Waals surface area contributed by atoms with Crippen molar-refractivity contribution in [3.05, 3.63) is 0 Å². The van der Waals surface area contributed by atoms with E-state index in [2.05, 4.69) is 18.5 Å². The number of hydrogen-bond acceptors (Lipinski definition) is 2. The van der Waals surface area contributed by atoms with Gasteiger partial charge in [0.15, 0.2) is 0 Å². The number of unbranched alkanes of at least 4 members (excludes halogenated alkanes) is 1. The van der Waals surface area contributed by atoms with E-state index in [1.54, 1.807) is 0 Å². The van der Waals surface area contributed by atoms with Crippen LogP contribution >= 0.6 is 23.4 Å². The first-order valence-electron chi connectivity index (χ1n) is 5.06. The summed E-state index contributed by atoms with van der Waals surface area (Å²) < 4.78 is 0. The Kier molecular flexibility index (Phi) is 9.73. The maximum Gasteiger partial charge on any atom is 0.219 e. The van der Waals surface area contributed by atoms with Crippen molar-refractivity contribution < 1.29 is 4.79 Å².